The lowest BCUT2D eigenvalue weighted by molar-refractivity contribution is 0.0218. The maximum Gasteiger partial charge on any atom is 0.261 e. The molecule has 4 heterocycles. The maximum atomic E-state index is 12.7. The first kappa shape index (κ1) is 15.7. The third-order valence-corrected chi connectivity index (χ3v) is 6.59. The van der Waals surface area contributed by atoms with E-state index < -0.39 is 0 Å². The summed E-state index contributed by atoms with van der Waals surface area (Å²) in [5.74, 6) is 0.858. The SMILES string of the molecule is CC1C(NC(=O)c2ccc(-c3ccccc3O)s2)C2CCN1CC2. The topological polar surface area (TPSA) is 52.6 Å². The Balaban J connectivity index is 1.51. The highest BCUT2D eigenvalue weighted by molar-refractivity contribution is 7.17. The van der Waals surface area contributed by atoms with Gasteiger partial charge in [0.25, 0.3) is 5.91 Å². The van der Waals surface area contributed by atoms with Gasteiger partial charge in [-0.2, -0.15) is 0 Å². The second-order valence-electron chi connectivity index (χ2n) is 6.79. The van der Waals surface area contributed by atoms with Crippen LogP contribution in [-0.2, 0) is 0 Å². The summed E-state index contributed by atoms with van der Waals surface area (Å²) in [6.45, 7) is 4.54. The summed E-state index contributed by atoms with van der Waals surface area (Å²) >= 11 is 1.43. The Morgan fingerprint density at radius 2 is 1.96 bits per heavy atom. The lowest BCUT2D eigenvalue weighted by Crippen LogP contribution is -2.62. The Labute approximate surface area is 146 Å². The highest BCUT2D eigenvalue weighted by Crippen LogP contribution is 2.35. The molecule has 1 amide bonds. The van der Waals surface area contributed by atoms with E-state index in [9.17, 15) is 9.90 Å². The Kier molecular flexibility index (Phi) is 4.06. The number of aromatic hydroxyl groups is 1. The number of thiophene rings is 1. The summed E-state index contributed by atoms with van der Waals surface area (Å²) in [5, 5.41) is 13.2. The molecule has 3 aliphatic rings. The largest absolute Gasteiger partial charge is 0.507 e. The minimum absolute atomic E-state index is 0.00673. The van der Waals surface area contributed by atoms with Crippen LogP contribution in [-0.4, -0.2) is 41.1 Å². The van der Waals surface area contributed by atoms with Crippen LogP contribution in [0.1, 0.15) is 29.4 Å². The maximum absolute atomic E-state index is 12.7. The smallest absolute Gasteiger partial charge is 0.261 e. The third kappa shape index (κ3) is 2.72. The molecule has 3 saturated heterocycles. The van der Waals surface area contributed by atoms with Crippen molar-refractivity contribution in [1.82, 2.24) is 10.2 Å². The normalized spacial score (nSPS) is 28.7. The number of nitrogens with one attached hydrogen (secondary N) is 1. The van der Waals surface area contributed by atoms with Gasteiger partial charge in [0.2, 0.25) is 0 Å². The van der Waals surface area contributed by atoms with Gasteiger partial charge in [-0.15, -0.1) is 11.3 Å². The second kappa shape index (κ2) is 6.22. The average molecular weight is 342 g/mol. The summed E-state index contributed by atoms with van der Waals surface area (Å²) in [6.07, 6.45) is 2.37. The highest BCUT2D eigenvalue weighted by Gasteiger charge is 2.40. The number of benzene rings is 1. The standard InChI is InChI=1S/C19H22N2O2S/c1-12-18(13-8-10-21(12)11-9-13)20-19(23)17-7-6-16(24-17)14-4-2-3-5-15(14)22/h2-7,12-13,18,22H,8-11H2,1H3,(H,20,23). The number of piperidine rings is 3. The van der Waals surface area contributed by atoms with E-state index >= 15 is 0 Å². The first-order valence-electron chi connectivity index (χ1n) is 8.56. The fourth-order valence-electron chi connectivity index (χ4n) is 4.05. The third-order valence-electron chi connectivity index (χ3n) is 5.47. The molecular formula is C19H22N2O2S. The predicted octanol–water partition coefficient (Wildman–Crippen LogP) is 3.33. The summed E-state index contributed by atoms with van der Waals surface area (Å²) in [6, 6.07) is 11.7. The molecule has 126 valence electrons. The number of amides is 1. The van der Waals surface area contributed by atoms with Crippen molar-refractivity contribution in [3.63, 3.8) is 0 Å². The zero-order valence-corrected chi connectivity index (χ0v) is 14.6. The van der Waals surface area contributed by atoms with Crippen LogP contribution in [0.15, 0.2) is 36.4 Å². The van der Waals surface area contributed by atoms with Gasteiger partial charge in [0.05, 0.1) is 4.88 Å². The molecular weight excluding hydrogens is 320 g/mol. The Morgan fingerprint density at radius 1 is 1.21 bits per heavy atom. The summed E-state index contributed by atoms with van der Waals surface area (Å²) in [5.41, 5.74) is 0.776. The number of para-hydroxylation sites is 1. The average Bonchev–Trinajstić information content (AvgIpc) is 3.09. The van der Waals surface area contributed by atoms with Gasteiger partial charge in [0, 0.05) is 22.5 Å². The van der Waals surface area contributed by atoms with Gasteiger partial charge >= 0.3 is 0 Å². The zero-order chi connectivity index (χ0) is 16.7. The number of hydrogen-bond donors (Lipinski definition) is 2. The highest BCUT2D eigenvalue weighted by atomic mass is 32.1. The minimum Gasteiger partial charge on any atom is -0.507 e. The van der Waals surface area contributed by atoms with Crippen LogP contribution in [0.3, 0.4) is 0 Å². The molecule has 0 saturated carbocycles. The summed E-state index contributed by atoms with van der Waals surface area (Å²) in [4.78, 5) is 16.8. The number of fused-ring (bicyclic) bond motifs is 3. The van der Waals surface area contributed by atoms with Crippen LogP contribution >= 0.6 is 11.3 Å². The molecule has 3 fully saturated rings. The molecule has 24 heavy (non-hydrogen) atoms. The van der Waals surface area contributed by atoms with Gasteiger partial charge in [0.15, 0.2) is 0 Å². The van der Waals surface area contributed by atoms with E-state index in [4.69, 9.17) is 0 Å². The number of phenolic OH excluding ortho intramolecular Hbond substituents is 1. The molecule has 0 radical (unpaired) electrons. The first-order chi connectivity index (χ1) is 11.6. The molecule has 2 unspecified atom stereocenters. The lowest BCUT2D eigenvalue weighted by atomic mass is 9.79. The van der Waals surface area contributed by atoms with Gasteiger partial charge in [0.1, 0.15) is 5.75 Å². The number of carbonyl (C=O) groups excluding carboxylic acids is 1. The molecule has 2 aromatic rings. The Bertz CT molecular complexity index is 747. The van der Waals surface area contributed by atoms with Crippen LogP contribution in [0, 0.1) is 5.92 Å². The van der Waals surface area contributed by atoms with Crippen molar-refractivity contribution in [3.8, 4) is 16.2 Å². The predicted molar refractivity (Wildman–Crippen MR) is 96.4 cm³/mol. The van der Waals surface area contributed by atoms with Crippen molar-refractivity contribution in [1.29, 1.82) is 0 Å². The molecule has 1 aromatic heterocycles. The van der Waals surface area contributed by atoms with E-state index in [0.29, 0.717) is 16.8 Å². The van der Waals surface area contributed by atoms with Crippen LogP contribution in [0.5, 0.6) is 5.75 Å². The first-order valence-corrected chi connectivity index (χ1v) is 9.38. The van der Waals surface area contributed by atoms with E-state index in [2.05, 4.69) is 17.1 Å². The Hall–Kier alpha value is -1.85. The van der Waals surface area contributed by atoms with E-state index in [1.165, 1.54) is 24.2 Å². The van der Waals surface area contributed by atoms with Gasteiger partial charge in [-0.3, -0.25) is 9.69 Å². The molecule has 0 aliphatic carbocycles. The summed E-state index contributed by atoms with van der Waals surface area (Å²) < 4.78 is 0. The molecule has 0 spiro atoms. The van der Waals surface area contributed by atoms with Crippen molar-refractivity contribution in [3.05, 3.63) is 41.3 Å². The van der Waals surface area contributed by atoms with Crippen LogP contribution in [0.25, 0.3) is 10.4 Å². The van der Waals surface area contributed by atoms with Crippen molar-refractivity contribution < 1.29 is 9.90 Å². The molecule has 3 aliphatic heterocycles. The molecule has 2 atom stereocenters. The molecule has 1 aromatic carbocycles. The number of hydrogen-bond acceptors (Lipinski definition) is 4. The van der Waals surface area contributed by atoms with E-state index in [1.54, 1.807) is 12.1 Å². The quantitative estimate of drug-likeness (QED) is 0.899. The van der Waals surface area contributed by atoms with Crippen molar-refractivity contribution >= 4 is 17.2 Å². The molecule has 5 rings (SSSR count). The fraction of sp³-hybridized carbons (Fsp3) is 0.421. The fourth-order valence-corrected chi connectivity index (χ4v) is 5.00. The minimum atomic E-state index is 0.00673. The van der Waals surface area contributed by atoms with Gasteiger partial charge in [-0.05, 0) is 63.0 Å². The molecule has 2 bridgehead atoms. The van der Waals surface area contributed by atoms with Crippen molar-refractivity contribution in [2.45, 2.75) is 31.8 Å². The molecule has 2 N–H and O–H groups in total. The zero-order valence-electron chi connectivity index (χ0n) is 13.7. The van der Waals surface area contributed by atoms with Gasteiger partial charge in [-0.25, -0.2) is 0 Å². The molecule has 4 nitrogen and oxygen atoms in total. The monoisotopic (exact) mass is 342 g/mol. The van der Waals surface area contributed by atoms with Crippen LogP contribution in [0.4, 0.5) is 0 Å². The van der Waals surface area contributed by atoms with Crippen LogP contribution < -0.4 is 5.32 Å². The van der Waals surface area contributed by atoms with E-state index in [0.717, 1.165) is 23.5 Å². The lowest BCUT2D eigenvalue weighted by Gasteiger charge is -2.49. The number of nitrogens with zero attached hydrogens (tertiary/aromatic N) is 1. The summed E-state index contributed by atoms with van der Waals surface area (Å²) in [7, 11) is 0. The number of carbonyl (C=O) groups is 1. The number of phenols is 1. The van der Waals surface area contributed by atoms with Crippen molar-refractivity contribution in [2.24, 2.45) is 5.92 Å². The van der Waals surface area contributed by atoms with Gasteiger partial charge < -0.3 is 10.4 Å². The van der Waals surface area contributed by atoms with Gasteiger partial charge in [-0.1, -0.05) is 12.1 Å². The van der Waals surface area contributed by atoms with E-state index in [-0.39, 0.29) is 17.7 Å². The Morgan fingerprint density at radius 3 is 2.67 bits per heavy atom. The van der Waals surface area contributed by atoms with E-state index in [1.807, 2.05) is 24.3 Å². The van der Waals surface area contributed by atoms with Crippen LogP contribution in [0.2, 0.25) is 0 Å². The van der Waals surface area contributed by atoms with Crippen molar-refractivity contribution in [2.75, 3.05) is 13.1 Å². The number of rotatable bonds is 3. The molecule has 5 heteroatoms. The second-order valence-corrected chi connectivity index (χ2v) is 7.88.